The predicted molar refractivity (Wildman–Crippen MR) is 67.8 cm³/mol. The van der Waals surface area contributed by atoms with E-state index < -0.39 is 5.97 Å². The maximum atomic E-state index is 12.0. The number of nitrogens with one attached hydrogen (secondary N) is 1. The lowest BCUT2D eigenvalue weighted by Gasteiger charge is -2.20. The normalized spacial score (nSPS) is 16.6. The van der Waals surface area contributed by atoms with Crippen LogP contribution in [0.15, 0.2) is 16.7 Å². The van der Waals surface area contributed by atoms with E-state index >= 15 is 0 Å². The van der Waals surface area contributed by atoms with Gasteiger partial charge >= 0.3 is 5.97 Å². The van der Waals surface area contributed by atoms with Crippen LogP contribution < -0.4 is 5.32 Å². The molecule has 1 aliphatic rings. The molecule has 1 aromatic rings. The Morgan fingerprint density at radius 1 is 1.47 bits per heavy atom. The maximum absolute atomic E-state index is 12.0. The first-order chi connectivity index (χ1) is 9.08. The molecule has 1 fully saturated rings. The molecular formula is C13H18N2O4. The molecule has 1 unspecified atom stereocenters. The second-order valence-electron chi connectivity index (χ2n) is 4.74. The van der Waals surface area contributed by atoms with Crippen LogP contribution in [0, 0.1) is 0 Å². The van der Waals surface area contributed by atoms with Crippen LogP contribution in [0.25, 0.3) is 0 Å². The summed E-state index contributed by atoms with van der Waals surface area (Å²) in [7, 11) is 0. The third-order valence-corrected chi connectivity index (χ3v) is 3.27. The van der Waals surface area contributed by atoms with Crippen molar-refractivity contribution in [1.82, 2.24) is 10.2 Å². The van der Waals surface area contributed by atoms with Crippen molar-refractivity contribution in [3.63, 3.8) is 0 Å². The Kier molecular flexibility index (Phi) is 4.21. The Bertz CT molecular complexity index is 463. The Labute approximate surface area is 111 Å². The van der Waals surface area contributed by atoms with Crippen molar-refractivity contribution >= 4 is 11.9 Å². The van der Waals surface area contributed by atoms with Crippen LogP contribution in [-0.2, 0) is 11.3 Å². The number of carbonyl (C=O) groups is 2. The average Bonchev–Trinajstić information content (AvgIpc) is 3.05. The lowest BCUT2D eigenvalue weighted by atomic mass is 10.2. The highest BCUT2D eigenvalue weighted by atomic mass is 16.4. The molecule has 0 aliphatic carbocycles. The quantitative estimate of drug-likeness (QED) is 0.833. The topological polar surface area (TPSA) is 82.8 Å². The maximum Gasteiger partial charge on any atom is 0.338 e. The lowest BCUT2D eigenvalue weighted by Crippen LogP contribution is -2.43. The molecule has 1 aromatic heterocycles. The summed E-state index contributed by atoms with van der Waals surface area (Å²) in [5, 5.41) is 11.8. The number of carboxylic acid groups (broad SMARTS) is 1. The van der Waals surface area contributed by atoms with Gasteiger partial charge in [0, 0.05) is 13.1 Å². The van der Waals surface area contributed by atoms with Crippen LogP contribution >= 0.6 is 0 Å². The van der Waals surface area contributed by atoms with Gasteiger partial charge < -0.3 is 14.4 Å². The van der Waals surface area contributed by atoms with Crippen molar-refractivity contribution in [3.05, 3.63) is 23.7 Å². The number of furan rings is 1. The third-order valence-electron chi connectivity index (χ3n) is 3.27. The van der Waals surface area contributed by atoms with Gasteiger partial charge in [0.05, 0.1) is 18.2 Å². The molecule has 6 heteroatoms. The zero-order valence-corrected chi connectivity index (χ0v) is 10.9. The number of likely N-dealkylation sites (tertiary alicyclic amines) is 1. The molecular weight excluding hydrogens is 248 g/mol. The van der Waals surface area contributed by atoms with E-state index in [4.69, 9.17) is 9.52 Å². The van der Waals surface area contributed by atoms with Crippen LogP contribution in [0.2, 0.25) is 0 Å². The van der Waals surface area contributed by atoms with Crippen molar-refractivity contribution in [2.24, 2.45) is 0 Å². The molecule has 0 saturated carbocycles. The van der Waals surface area contributed by atoms with Crippen LogP contribution in [0.3, 0.4) is 0 Å². The summed E-state index contributed by atoms with van der Waals surface area (Å²) >= 11 is 0. The van der Waals surface area contributed by atoms with E-state index in [1.807, 2.05) is 11.8 Å². The Balaban J connectivity index is 1.83. The molecule has 0 radical (unpaired) electrons. The number of rotatable bonds is 5. The zero-order valence-electron chi connectivity index (χ0n) is 10.9. The SMILES string of the molecule is CC(NCc1cc(C(=O)O)co1)C(=O)N1CCCC1. The van der Waals surface area contributed by atoms with E-state index in [-0.39, 0.29) is 17.5 Å². The lowest BCUT2D eigenvalue weighted by molar-refractivity contribution is -0.132. The van der Waals surface area contributed by atoms with Crippen LogP contribution in [0.1, 0.15) is 35.9 Å². The number of hydrogen-bond donors (Lipinski definition) is 2. The molecule has 1 amide bonds. The summed E-state index contributed by atoms with van der Waals surface area (Å²) in [6.07, 6.45) is 3.34. The van der Waals surface area contributed by atoms with E-state index in [1.54, 1.807) is 0 Å². The number of nitrogens with zero attached hydrogens (tertiary/aromatic N) is 1. The highest BCUT2D eigenvalue weighted by Gasteiger charge is 2.23. The molecule has 0 aromatic carbocycles. The van der Waals surface area contributed by atoms with Gasteiger partial charge in [-0.25, -0.2) is 4.79 Å². The average molecular weight is 266 g/mol. The Hall–Kier alpha value is -1.82. The van der Waals surface area contributed by atoms with E-state index in [1.165, 1.54) is 12.3 Å². The first-order valence-corrected chi connectivity index (χ1v) is 6.41. The number of carbonyl (C=O) groups excluding carboxylic acids is 1. The Morgan fingerprint density at radius 3 is 2.74 bits per heavy atom. The highest BCUT2D eigenvalue weighted by Crippen LogP contribution is 2.10. The van der Waals surface area contributed by atoms with Crippen molar-refractivity contribution in [2.75, 3.05) is 13.1 Å². The number of hydrogen-bond acceptors (Lipinski definition) is 4. The molecule has 2 rings (SSSR count). The summed E-state index contributed by atoms with van der Waals surface area (Å²) in [6, 6.07) is 1.17. The molecule has 1 atom stereocenters. The van der Waals surface area contributed by atoms with Crippen molar-refractivity contribution in [2.45, 2.75) is 32.4 Å². The molecule has 6 nitrogen and oxygen atoms in total. The van der Waals surface area contributed by atoms with Gasteiger partial charge in [-0.15, -0.1) is 0 Å². The molecule has 19 heavy (non-hydrogen) atoms. The summed E-state index contributed by atoms with van der Waals surface area (Å²) in [4.78, 5) is 24.6. The van der Waals surface area contributed by atoms with Gasteiger partial charge in [0.25, 0.3) is 0 Å². The van der Waals surface area contributed by atoms with Gasteiger partial charge in [-0.1, -0.05) is 0 Å². The zero-order chi connectivity index (χ0) is 13.8. The van der Waals surface area contributed by atoms with E-state index in [0.29, 0.717) is 12.3 Å². The minimum atomic E-state index is -1.02. The largest absolute Gasteiger partial charge is 0.478 e. The van der Waals surface area contributed by atoms with Gasteiger partial charge in [-0.3, -0.25) is 10.1 Å². The van der Waals surface area contributed by atoms with Gasteiger partial charge in [-0.2, -0.15) is 0 Å². The first-order valence-electron chi connectivity index (χ1n) is 6.41. The van der Waals surface area contributed by atoms with Crippen LogP contribution in [-0.4, -0.2) is 41.0 Å². The molecule has 0 spiro atoms. The second kappa shape index (κ2) is 5.88. The van der Waals surface area contributed by atoms with Crippen LogP contribution in [0.5, 0.6) is 0 Å². The minimum Gasteiger partial charge on any atom is -0.478 e. The van der Waals surface area contributed by atoms with Gasteiger partial charge in [0.15, 0.2) is 0 Å². The summed E-state index contributed by atoms with van der Waals surface area (Å²) in [5.74, 6) is -0.419. The number of amides is 1. The fourth-order valence-electron chi connectivity index (χ4n) is 2.14. The predicted octanol–water partition coefficient (Wildman–Crippen LogP) is 1.08. The smallest absolute Gasteiger partial charge is 0.338 e. The molecule has 104 valence electrons. The van der Waals surface area contributed by atoms with Crippen molar-refractivity contribution in [1.29, 1.82) is 0 Å². The van der Waals surface area contributed by atoms with Gasteiger partial charge in [-0.05, 0) is 25.8 Å². The summed E-state index contributed by atoms with van der Waals surface area (Å²) in [6.45, 7) is 3.80. The fraction of sp³-hybridized carbons (Fsp3) is 0.538. The third kappa shape index (κ3) is 3.35. The van der Waals surface area contributed by atoms with E-state index in [0.717, 1.165) is 25.9 Å². The van der Waals surface area contributed by atoms with Crippen molar-refractivity contribution < 1.29 is 19.1 Å². The fourth-order valence-corrected chi connectivity index (χ4v) is 2.14. The van der Waals surface area contributed by atoms with Crippen LogP contribution in [0.4, 0.5) is 0 Å². The summed E-state index contributed by atoms with van der Waals surface area (Å²) < 4.78 is 5.11. The number of carboxylic acids is 1. The second-order valence-corrected chi connectivity index (χ2v) is 4.74. The first kappa shape index (κ1) is 13.6. The standard InChI is InChI=1S/C13H18N2O4/c1-9(12(16)15-4-2-3-5-15)14-7-11-6-10(8-19-11)13(17)18/h6,8-9,14H,2-5,7H2,1H3,(H,17,18). The molecule has 0 bridgehead atoms. The Morgan fingerprint density at radius 2 is 2.16 bits per heavy atom. The van der Waals surface area contributed by atoms with Gasteiger partial charge in [0.1, 0.15) is 12.0 Å². The van der Waals surface area contributed by atoms with E-state index in [9.17, 15) is 9.59 Å². The number of aromatic carboxylic acids is 1. The minimum absolute atomic E-state index is 0.0857. The van der Waals surface area contributed by atoms with Crippen molar-refractivity contribution in [3.8, 4) is 0 Å². The summed E-state index contributed by atoms with van der Waals surface area (Å²) in [5.41, 5.74) is 0.121. The molecule has 1 saturated heterocycles. The van der Waals surface area contributed by atoms with E-state index in [2.05, 4.69) is 5.32 Å². The molecule has 1 aliphatic heterocycles. The highest BCUT2D eigenvalue weighted by molar-refractivity contribution is 5.87. The van der Waals surface area contributed by atoms with Gasteiger partial charge in [0.2, 0.25) is 5.91 Å². The molecule has 2 N–H and O–H groups in total. The molecule has 2 heterocycles. The monoisotopic (exact) mass is 266 g/mol.